The molecule has 34 heavy (non-hydrogen) atoms. The molecular weight excluding hydrogens is 459 g/mol. The standard InChI is InChI=1S/C25H18ClFN4O3/c26-16-11-9-15(10-12-16)22-13-19(17-5-2-4-8-21(17)29-22)25(34)31-30-23(32)14-28-24(33)18-6-1-3-7-20(18)27/h1-13H,14H2,(H,28,33)(H,30,32)(H,31,34). The molecule has 0 bridgehead atoms. The van der Waals surface area contributed by atoms with Gasteiger partial charge >= 0.3 is 0 Å². The van der Waals surface area contributed by atoms with E-state index in [0.717, 1.165) is 11.6 Å². The molecule has 3 amide bonds. The number of rotatable bonds is 5. The molecule has 0 aliphatic rings. The summed E-state index contributed by atoms with van der Waals surface area (Å²) in [7, 11) is 0. The Balaban J connectivity index is 1.46. The van der Waals surface area contributed by atoms with Crippen LogP contribution in [0.4, 0.5) is 4.39 Å². The number of hydrazine groups is 1. The molecule has 0 saturated carbocycles. The SMILES string of the molecule is O=C(CNC(=O)c1ccccc1F)NNC(=O)c1cc(-c2ccc(Cl)cc2)nc2ccccc12. The van der Waals surface area contributed by atoms with Crippen molar-refractivity contribution < 1.29 is 18.8 Å². The fourth-order valence-electron chi connectivity index (χ4n) is 3.27. The van der Waals surface area contributed by atoms with Crippen molar-refractivity contribution in [2.24, 2.45) is 0 Å². The van der Waals surface area contributed by atoms with Crippen LogP contribution in [0.3, 0.4) is 0 Å². The molecule has 1 aromatic heterocycles. The van der Waals surface area contributed by atoms with Gasteiger partial charge in [0.25, 0.3) is 17.7 Å². The number of aromatic nitrogens is 1. The predicted octanol–water partition coefficient (Wildman–Crippen LogP) is 3.89. The molecule has 0 saturated heterocycles. The molecule has 0 fully saturated rings. The molecule has 0 unspecified atom stereocenters. The molecule has 3 aromatic carbocycles. The topological polar surface area (TPSA) is 100 Å². The van der Waals surface area contributed by atoms with Crippen molar-refractivity contribution in [3.05, 3.63) is 101 Å². The van der Waals surface area contributed by atoms with Gasteiger partial charge in [0.15, 0.2) is 0 Å². The van der Waals surface area contributed by atoms with E-state index in [1.54, 1.807) is 48.5 Å². The Morgan fingerprint density at radius 3 is 2.29 bits per heavy atom. The normalized spacial score (nSPS) is 10.5. The molecule has 0 aliphatic carbocycles. The zero-order valence-corrected chi connectivity index (χ0v) is 18.4. The van der Waals surface area contributed by atoms with Crippen LogP contribution in [-0.4, -0.2) is 29.3 Å². The summed E-state index contributed by atoms with van der Waals surface area (Å²) >= 11 is 5.97. The number of benzene rings is 3. The third-order valence-electron chi connectivity index (χ3n) is 4.94. The van der Waals surface area contributed by atoms with Gasteiger partial charge in [0.05, 0.1) is 28.9 Å². The van der Waals surface area contributed by atoms with Crippen molar-refractivity contribution in [3.63, 3.8) is 0 Å². The number of carbonyl (C=O) groups excluding carboxylic acids is 3. The monoisotopic (exact) mass is 476 g/mol. The minimum Gasteiger partial charge on any atom is -0.343 e. The molecule has 0 radical (unpaired) electrons. The van der Waals surface area contributed by atoms with Crippen molar-refractivity contribution in [2.75, 3.05) is 6.54 Å². The Morgan fingerprint density at radius 2 is 1.53 bits per heavy atom. The second-order valence-electron chi connectivity index (χ2n) is 7.24. The Labute approximate surface area is 198 Å². The Morgan fingerprint density at radius 1 is 0.824 bits per heavy atom. The summed E-state index contributed by atoms with van der Waals surface area (Å²) in [5, 5.41) is 3.48. The summed E-state index contributed by atoms with van der Waals surface area (Å²) < 4.78 is 13.7. The summed E-state index contributed by atoms with van der Waals surface area (Å²) in [5.74, 6) is -2.70. The average Bonchev–Trinajstić information content (AvgIpc) is 2.86. The highest BCUT2D eigenvalue weighted by Crippen LogP contribution is 2.25. The molecule has 0 spiro atoms. The van der Waals surface area contributed by atoms with Gasteiger partial charge in [-0.15, -0.1) is 0 Å². The maximum Gasteiger partial charge on any atom is 0.270 e. The second kappa shape index (κ2) is 10.1. The lowest BCUT2D eigenvalue weighted by atomic mass is 10.0. The fourth-order valence-corrected chi connectivity index (χ4v) is 3.40. The molecule has 170 valence electrons. The average molecular weight is 477 g/mol. The molecule has 9 heteroatoms. The van der Waals surface area contributed by atoms with E-state index in [4.69, 9.17) is 11.6 Å². The van der Waals surface area contributed by atoms with Crippen LogP contribution in [0, 0.1) is 5.82 Å². The van der Waals surface area contributed by atoms with Gasteiger partial charge in [-0.3, -0.25) is 25.2 Å². The highest BCUT2D eigenvalue weighted by molar-refractivity contribution is 6.30. The van der Waals surface area contributed by atoms with E-state index in [1.807, 2.05) is 6.07 Å². The number of nitrogens with zero attached hydrogens (tertiary/aromatic N) is 1. The number of carbonyl (C=O) groups is 3. The number of para-hydroxylation sites is 1. The van der Waals surface area contributed by atoms with E-state index in [1.165, 1.54) is 18.2 Å². The van der Waals surface area contributed by atoms with Crippen LogP contribution in [-0.2, 0) is 4.79 Å². The van der Waals surface area contributed by atoms with Crippen molar-refractivity contribution >= 4 is 40.2 Å². The van der Waals surface area contributed by atoms with Crippen LogP contribution >= 0.6 is 11.6 Å². The first-order valence-electron chi connectivity index (χ1n) is 10.2. The van der Waals surface area contributed by atoms with Crippen molar-refractivity contribution in [3.8, 4) is 11.3 Å². The zero-order chi connectivity index (χ0) is 24.1. The number of fused-ring (bicyclic) bond motifs is 1. The molecule has 3 N–H and O–H groups in total. The number of halogens is 2. The van der Waals surface area contributed by atoms with E-state index < -0.39 is 30.1 Å². The second-order valence-corrected chi connectivity index (χ2v) is 7.68. The molecule has 4 aromatic rings. The molecule has 1 heterocycles. The van der Waals surface area contributed by atoms with Crippen LogP contribution in [0.25, 0.3) is 22.2 Å². The summed E-state index contributed by atoms with van der Waals surface area (Å²) in [6.45, 7) is -0.458. The smallest absolute Gasteiger partial charge is 0.270 e. The van der Waals surface area contributed by atoms with Crippen LogP contribution in [0.15, 0.2) is 78.9 Å². The van der Waals surface area contributed by atoms with Crippen molar-refractivity contribution in [1.82, 2.24) is 21.2 Å². The van der Waals surface area contributed by atoms with Crippen LogP contribution < -0.4 is 16.2 Å². The minimum atomic E-state index is -0.743. The molecule has 0 atom stereocenters. The minimum absolute atomic E-state index is 0.183. The molecule has 7 nitrogen and oxygen atoms in total. The van der Waals surface area contributed by atoms with Crippen molar-refractivity contribution in [1.29, 1.82) is 0 Å². The molecular formula is C25H18ClFN4O3. The Bertz CT molecular complexity index is 1390. The maximum atomic E-state index is 13.7. The number of amides is 3. The van der Waals surface area contributed by atoms with Gasteiger partial charge < -0.3 is 5.32 Å². The van der Waals surface area contributed by atoms with Crippen molar-refractivity contribution in [2.45, 2.75) is 0 Å². The Hall–Kier alpha value is -4.30. The lowest BCUT2D eigenvalue weighted by Gasteiger charge is -2.12. The third kappa shape index (κ3) is 5.19. The first kappa shape index (κ1) is 22.9. The number of hydrogen-bond acceptors (Lipinski definition) is 4. The quantitative estimate of drug-likeness (QED) is 0.380. The maximum absolute atomic E-state index is 13.7. The van der Waals surface area contributed by atoms with Crippen LogP contribution in [0.1, 0.15) is 20.7 Å². The van der Waals surface area contributed by atoms with Gasteiger partial charge in [0.2, 0.25) is 0 Å². The van der Waals surface area contributed by atoms with E-state index >= 15 is 0 Å². The van der Waals surface area contributed by atoms with Gasteiger partial charge in [0.1, 0.15) is 5.82 Å². The Kier molecular flexibility index (Phi) is 6.79. The van der Waals surface area contributed by atoms with Gasteiger partial charge in [-0.2, -0.15) is 0 Å². The first-order valence-corrected chi connectivity index (χ1v) is 10.6. The lowest BCUT2D eigenvalue weighted by molar-refractivity contribution is -0.120. The van der Waals surface area contributed by atoms with E-state index in [2.05, 4.69) is 21.2 Å². The van der Waals surface area contributed by atoms with Crippen LogP contribution in [0.5, 0.6) is 0 Å². The third-order valence-corrected chi connectivity index (χ3v) is 5.20. The summed E-state index contributed by atoms with van der Waals surface area (Å²) in [6, 6.07) is 21.2. The summed E-state index contributed by atoms with van der Waals surface area (Å²) in [4.78, 5) is 41.7. The molecule has 0 aliphatic heterocycles. The lowest BCUT2D eigenvalue weighted by Crippen LogP contribution is -2.46. The highest BCUT2D eigenvalue weighted by atomic mass is 35.5. The van der Waals surface area contributed by atoms with Gasteiger partial charge in [-0.25, -0.2) is 9.37 Å². The van der Waals surface area contributed by atoms with E-state index in [0.29, 0.717) is 27.2 Å². The van der Waals surface area contributed by atoms with E-state index in [-0.39, 0.29) is 5.56 Å². The summed E-state index contributed by atoms with van der Waals surface area (Å²) in [6.07, 6.45) is 0. The molecule has 4 rings (SSSR count). The van der Waals surface area contributed by atoms with Gasteiger partial charge in [0, 0.05) is 16.0 Å². The number of pyridine rings is 1. The van der Waals surface area contributed by atoms with Gasteiger partial charge in [-0.1, -0.05) is 54.1 Å². The van der Waals surface area contributed by atoms with Crippen LogP contribution in [0.2, 0.25) is 5.02 Å². The number of nitrogens with one attached hydrogen (secondary N) is 3. The number of hydrogen-bond donors (Lipinski definition) is 3. The fraction of sp³-hybridized carbons (Fsp3) is 0.0400. The zero-order valence-electron chi connectivity index (χ0n) is 17.6. The largest absolute Gasteiger partial charge is 0.343 e. The van der Waals surface area contributed by atoms with E-state index in [9.17, 15) is 18.8 Å². The predicted molar refractivity (Wildman–Crippen MR) is 127 cm³/mol. The first-order chi connectivity index (χ1) is 16.4. The highest BCUT2D eigenvalue weighted by Gasteiger charge is 2.16. The summed E-state index contributed by atoms with van der Waals surface area (Å²) in [5.41, 5.74) is 6.63. The van der Waals surface area contributed by atoms with Gasteiger partial charge in [-0.05, 0) is 36.4 Å².